The minimum atomic E-state index is -4.42. The molecule has 2 aromatic rings. The molecule has 1 fully saturated rings. The Balaban J connectivity index is 1.74. The molecule has 2 amide bonds. The third kappa shape index (κ3) is 5.04. The zero-order chi connectivity index (χ0) is 21.2. The van der Waals surface area contributed by atoms with Crippen LogP contribution >= 0.6 is 11.6 Å². The second-order valence-electron chi connectivity index (χ2n) is 7.96. The van der Waals surface area contributed by atoms with Gasteiger partial charge in [-0.25, -0.2) is 4.79 Å². The van der Waals surface area contributed by atoms with Crippen molar-refractivity contribution in [1.82, 2.24) is 10.6 Å². The summed E-state index contributed by atoms with van der Waals surface area (Å²) in [4.78, 5) is 12.7. The van der Waals surface area contributed by atoms with Crippen LogP contribution in [0.1, 0.15) is 55.7 Å². The lowest BCUT2D eigenvalue weighted by atomic mass is 9.89. The second kappa shape index (κ2) is 8.27. The van der Waals surface area contributed by atoms with E-state index < -0.39 is 23.3 Å². The van der Waals surface area contributed by atoms with Crippen LogP contribution in [0.15, 0.2) is 48.5 Å². The van der Waals surface area contributed by atoms with Crippen LogP contribution in [0.25, 0.3) is 0 Å². The number of urea groups is 1. The molecule has 2 unspecified atom stereocenters. The third-order valence-electron chi connectivity index (χ3n) is 5.47. The Bertz CT molecular complexity index is 882. The summed E-state index contributed by atoms with van der Waals surface area (Å²) in [5, 5.41) is 6.38. The van der Waals surface area contributed by atoms with Gasteiger partial charge in [0, 0.05) is 17.0 Å². The number of carbonyl (C=O) groups excluding carboxylic acids is 1. The van der Waals surface area contributed by atoms with Crippen LogP contribution in [0.2, 0.25) is 5.02 Å². The molecule has 7 heteroatoms. The normalized spacial score (nSPS) is 19.8. The van der Waals surface area contributed by atoms with Crippen LogP contribution in [0.4, 0.5) is 18.0 Å². The Morgan fingerprint density at radius 1 is 1.07 bits per heavy atom. The number of amides is 2. The molecule has 29 heavy (non-hydrogen) atoms. The Kier molecular flexibility index (Phi) is 6.13. The standard InChI is InChI=1S/C22H24ClF3N2O/c1-21(2,14-7-5-8-15(23)13-14)28-20(29)27-19-12-6-10-17(19)16-9-3-4-11-18(16)22(24,25)26/h3-5,7-9,11,13,17,19H,6,10,12H2,1-2H3,(H2,27,28,29). The van der Waals surface area contributed by atoms with E-state index in [4.69, 9.17) is 11.6 Å². The van der Waals surface area contributed by atoms with Crippen LogP contribution < -0.4 is 10.6 Å². The van der Waals surface area contributed by atoms with Crippen molar-refractivity contribution in [2.45, 2.75) is 56.8 Å². The van der Waals surface area contributed by atoms with Gasteiger partial charge in [-0.15, -0.1) is 0 Å². The van der Waals surface area contributed by atoms with Crippen LogP contribution in [0, 0.1) is 0 Å². The van der Waals surface area contributed by atoms with E-state index in [1.807, 2.05) is 19.9 Å². The van der Waals surface area contributed by atoms with E-state index in [2.05, 4.69) is 10.6 Å². The maximum Gasteiger partial charge on any atom is 0.416 e. The summed E-state index contributed by atoms with van der Waals surface area (Å²) in [6.45, 7) is 3.70. The Labute approximate surface area is 173 Å². The highest BCUT2D eigenvalue weighted by atomic mass is 35.5. The monoisotopic (exact) mass is 424 g/mol. The molecule has 156 valence electrons. The van der Waals surface area contributed by atoms with Crippen molar-refractivity contribution in [3.63, 3.8) is 0 Å². The first-order valence-corrected chi connectivity index (χ1v) is 9.96. The number of hydrogen-bond donors (Lipinski definition) is 2. The molecule has 2 atom stereocenters. The summed E-state index contributed by atoms with van der Waals surface area (Å²) in [6.07, 6.45) is -2.41. The number of rotatable bonds is 4. The van der Waals surface area contributed by atoms with Crippen molar-refractivity contribution in [3.8, 4) is 0 Å². The molecule has 0 aliphatic heterocycles. The average Bonchev–Trinajstić information content (AvgIpc) is 3.08. The molecule has 2 N–H and O–H groups in total. The Morgan fingerprint density at radius 3 is 2.48 bits per heavy atom. The van der Waals surface area contributed by atoms with Gasteiger partial charge in [0.1, 0.15) is 0 Å². The molecule has 0 radical (unpaired) electrons. The van der Waals surface area contributed by atoms with Crippen molar-refractivity contribution in [1.29, 1.82) is 0 Å². The molecule has 0 heterocycles. The summed E-state index contributed by atoms with van der Waals surface area (Å²) >= 11 is 6.04. The van der Waals surface area contributed by atoms with Gasteiger partial charge in [0.15, 0.2) is 0 Å². The van der Waals surface area contributed by atoms with E-state index in [0.717, 1.165) is 18.1 Å². The summed E-state index contributed by atoms with van der Waals surface area (Å²) in [6, 6.07) is 12.1. The number of alkyl halides is 3. The lowest BCUT2D eigenvalue weighted by molar-refractivity contribution is -0.138. The largest absolute Gasteiger partial charge is 0.416 e. The predicted molar refractivity (Wildman–Crippen MR) is 108 cm³/mol. The first-order chi connectivity index (χ1) is 13.6. The van der Waals surface area contributed by atoms with Crippen molar-refractivity contribution in [3.05, 3.63) is 70.2 Å². The number of halogens is 4. The molecule has 3 rings (SSSR count). The summed E-state index contributed by atoms with van der Waals surface area (Å²) in [5.74, 6) is -0.368. The first-order valence-electron chi connectivity index (χ1n) is 9.59. The molecule has 0 bridgehead atoms. The highest BCUT2D eigenvalue weighted by Gasteiger charge is 2.39. The van der Waals surface area contributed by atoms with Gasteiger partial charge >= 0.3 is 12.2 Å². The molecular weight excluding hydrogens is 401 g/mol. The van der Waals surface area contributed by atoms with E-state index in [1.165, 1.54) is 12.1 Å². The number of carbonyl (C=O) groups is 1. The van der Waals surface area contributed by atoms with E-state index in [-0.39, 0.29) is 17.5 Å². The Hall–Kier alpha value is -2.21. The van der Waals surface area contributed by atoms with Crippen molar-refractivity contribution in [2.75, 3.05) is 0 Å². The lowest BCUT2D eigenvalue weighted by Crippen LogP contribution is -2.50. The van der Waals surface area contributed by atoms with Crippen molar-refractivity contribution >= 4 is 17.6 Å². The van der Waals surface area contributed by atoms with Crippen molar-refractivity contribution < 1.29 is 18.0 Å². The molecule has 1 saturated carbocycles. The molecular formula is C22H24ClF3N2O. The maximum absolute atomic E-state index is 13.4. The van der Waals surface area contributed by atoms with Gasteiger partial charge in [0.2, 0.25) is 0 Å². The van der Waals surface area contributed by atoms with Gasteiger partial charge in [-0.2, -0.15) is 13.2 Å². The smallest absolute Gasteiger partial charge is 0.335 e. The zero-order valence-electron chi connectivity index (χ0n) is 16.3. The van der Waals surface area contributed by atoms with Gasteiger partial charge < -0.3 is 10.6 Å². The summed E-state index contributed by atoms with van der Waals surface area (Å²) < 4.78 is 40.3. The Morgan fingerprint density at radius 2 is 1.79 bits per heavy atom. The van der Waals surface area contributed by atoms with E-state index in [0.29, 0.717) is 17.9 Å². The van der Waals surface area contributed by atoms with Gasteiger partial charge in [-0.1, -0.05) is 48.4 Å². The van der Waals surface area contributed by atoms with Gasteiger partial charge in [-0.3, -0.25) is 0 Å². The molecule has 3 nitrogen and oxygen atoms in total. The van der Waals surface area contributed by atoms with Gasteiger partial charge in [-0.05, 0) is 56.0 Å². The fourth-order valence-corrected chi connectivity index (χ4v) is 4.21. The molecule has 2 aromatic carbocycles. The second-order valence-corrected chi connectivity index (χ2v) is 8.40. The van der Waals surface area contributed by atoms with Gasteiger partial charge in [0.25, 0.3) is 0 Å². The van der Waals surface area contributed by atoms with Crippen LogP contribution in [0.3, 0.4) is 0 Å². The van der Waals surface area contributed by atoms with E-state index in [1.54, 1.807) is 24.3 Å². The number of benzene rings is 2. The van der Waals surface area contributed by atoms with E-state index >= 15 is 0 Å². The minimum absolute atomic E-state index is 0.247. The van der Waals surface area contributed by atoms with E-state index in [9.17, 15) is 18.0 Å². The number of nitrogens with one attached hydrogen (secondary N) is 2. The highest BCUT2D eigenvalue weighted by molar-refractivity contribution is 6.30. The quantitative estimate of drug-likeness (QED) is 0.600. The molecule has 0 aromatic heterocycles. The average molecular weight is 425 g/mol. The summed E-state index contributed by atoms with van der Waals surface area (Å²) in [7, 11) is 0. The maximum atomic E-state index is 13.4. The number of hydrogen-bond acceptors (Lipinski definition) is 1. The molecule has 0 spiro atoms. The minimum Gasteiger partial charge on any atom is -0.335 e. The highest BCUT2D eigenvalue weighted by Crippen LogP contribution is 2.41. The topological polar surface area (TPSA) is 41.1 Å². The van der Waals surface area contributed by atoms with Crippen LogP contribution in [-0.2, 0) is 11.7 Å². The van der Waals surface area contributed by atoms with Gasteiger partial charge in [0.05, 0.1) is 11.1 Å². The van der Waals surface area contributed by atoms with Crippen molar-refractivity contribution in [2.24, 2.45) is 0 Å². The first kappa shape index (κ1) is 21.5. The SMILES string of the molecule is CC(C)(NC(=O)NC1CCCC1c1ccccc1C(F)(F)F)c1cccc(Cl)c1. The molecule has 0 saturated heterocycles. The third-order valence-corrected chi connectivity index (χ3v) is 5.71. The zero-order valence-corrected chi connectivity index (χ0v) is 17.1. The fraction of sp³-hybridized carbons (Fsp3) is 0.409. The fourth-order valence-electron chi connectivity index (χ4n) is 4.02. The van der Waals surface area contributed by atoms with Crippen LogP contribution in [-0.4, -0.2) is 12.1 Å². The summed E-state index contributed by atoms with van der Waals surface area (Å²) in [5.41, 5.74) is -0.228. The van der Waals surface area contributed by atoms with Crippen LogP contribution in [0.5, 0.6) is 0 Å². The molecule has 1 aliphatic carbocycles. The predicted octanol–water partition coefficient (Wildman–Crippen LogP) is 6.23. The molecule has 1 aliphatic rings. The lowest BCUT2D eigenvalue weighted by Gasteiger charge is -2.30.